The average molecular weight is 548 g/mol. The fourth-order valence-corrected chi connectivity index (χ4v) is 2.89. The van der Waals surface area contributed by atoms with Crippen molar-refractivity contribution in [2.24, 2.45) is 5.73 Å². The van der Waals surface area contributed by atoms with Crippen LogP contribution in [0.15, 0.2) is 0 Å². The van der Waals surface area contributed by atoms with E-state index in [2.05, 4.69) is 28.2 Å². The summed E-state index contributed by atoms with van der Waals surface area (Å²) >= 11 is 0. The van der Waals surface area contributed by atoms with Gasteiger partial charge >= 0.3 is 0 Å². The van der Waals surface area contributed by atoms with Gasteiger partial charge in [-0.3, -0.25) is 19.2 Å². The number of hydrogen-bond acceptors (Lipinski definition) is 9. The van der Waals surface area contributed by atoms with E-state index < -0.39 is 6.04 Å². The first kappa shape index (κ1) is 35.7. The Balaban J connectivity index is 3.42. The van der Waals surface area contributed by atoms with Crippen molar-refractivity contribution in [2.75, 3.05) is 79.0 Å². The van der Waals surface area contributed by atoms with Gasteiger partial charge in [0.25, 0.3) is 0 Å². The molecule has 0 rings (SSSR count). The highest BCUT2D eigenvalue weighted by atomic mass is 16.5. The Kier molecular flexibility index (Phi) is 24.7. The minimum Gasteiger partial charge on any atom is -0.377 e. The minimum absolute atomic E-state index is 0.0212. The topological polar surface area (TPSA) is 179 Å². The molecule has 0 saturated carbocycles. The zero-order valence-corrected chi connectivity index (χ0v) is 23.1. The van der Waals surface area contributed by atoms with Crippen LogP contribution in [0, 0.1) is 0 Å². The molecular weight excluding hydrogens is 498 g/mol. The fraction of sp³-hybridized carbons (Fsp3) is 0.840. The predicted octanol–water partition coefficient (Wildman–Crippen LogP) is -0.775. The third-order valence-electron chi connectivity index (χ3n) is 5.10. The Hall–Kier alpha value is -2.32. The van der Waals surface area contributed by atoms with Crippen LogP contribution in [0.2, 0.25) is 0 Å². The van der Waals surface area contributed by atoms with Crippen LogP contribution >= 0.6 is 0 Å². The van der Waals surface area contributed by atoms with Gasteiger partial charge in [0.15, 0.2) is 0 Å². The highest BCUT2D eigenvalue weighted by Gasteiger charge is 2.12. The number of carbonyl (C=O) groups excluding carboxylic acids is 4. The lowest BCUT2D eigenvalue weighted by atomic mass is 10.1. The number of nitrogens with two attached hydrogens (primary N) is 1. The fourth-order valence-electron chi connectivity index (χ4n) is 2.89. The first-order valence-corrected chi connectivity index (χ1v) is 13.5. The van der Waals surface area contributed by atoms with E-state index in [1.54, 1.807) is 6.92 Å². The number of amides is 4. The molecule has 0 aliphatic carbocycles. The molecule has 0 spiro atoms. The van der Waals surface area contributed by atoms with Crippen molar-refractivity contribution in [2.45, 2.75) is 58.4 Å². The lowest BCUT2D eigenvalue weighted by Gasteiger charge is -2.12. The summed E-state index contributed by atoms with van der Waals surface area (Å²) in [4.78, 5) is 46.3. The molecule has 0 fully saturated rings. The maximum absolute atomic E-state index is 11.8. The van der Waals surface area contributed by atoms with E-state index in [0.29, 0.717) is 65.4 Å². The molecule has 0 aliphatic rings. The highest BCUT2D eigenvalue weighted by Crippen LogP contribution is 1.99. The van der Waals surface area contributed by atoms with Crippen LogP contribution in [0.4, 0.5) is 0 Å². The van der Waals surface area contributed by atoms with Crippen molar-refractivity contribution < 1.29 is 38.1 Å². The number of carbonyl (C=O) groups is 4. The van der Waals surface area contributed by atoms with E-state index in [0.717, 1.165) is 25.7 Å². The van der Waals surface area contributed by atoms with E-state index >= 15 is 0 Å². The molecular formula is C25H49N5O8. The summed E-state index contributed by atoms with van der Waals surface area (Å²) in [7, 11) is 0. The lowest BCUT2D eigenvalue weighted by Crippen LogP contribution is -2.41. The number of hydrogen-bond donors (Lipinski definition) is 5. The molecule has 0 bridgehead atoms. The maximum atomic E-state index is 11.8. The van der Waals surface area contributed by atoms with Crippen molar-refractivity contribution in [3.63, 3.8) is 0 Å². The maximum Gasteiger partial charge on any atom is 0.246 e. The van der Waals surface area contributed by atoms with E-state index in [1.165, 1.54) is 0 Å². The summed E-state index contributed by atoms with van der Waals surface area (Å²) in [5, 5.41) is 10.9. The Morgan fingerprint density at radius 2 is 1.11 bits per heavy atom. The van der Waals surface area contributed by atoms with Gasteiger partial charge in [-0.05, 0) is 25.7 Å². The second-order valence-electron chi connectivity index (χ2n) is 8.48. The van der Waals surface area contributed by atoms with Gasteiger partial charge in [-0.1, -0.05) is 20.3 Å². The van der Waals surface area contributed by atoms with Crippen molar-refractivity contribution in [3.8, 4) is 0 Å². The molecule has 38 heavy (non-hydrogen) atoms. The number of ether oxygens (including phenoxy) is 4. The van der Waals surface area contributed by atoms with E-state index in [4.69, 9.17) is 24.7 Å². The summed E-state index contributed by atoms with van der Waals surface area (Å²) in [5.41, 5.74) is 5.86. The van der Waals surface area contributed by atoms with Crippen LogP contribution in [-0.4, -0.2) is 109 Å². The van der Waals surface area contributed by atoms with E-state index in [1.807, 2.05) is 0 Å². The lowest BCUT2D eigenvalue weighted by molar-refractivity contribution is -0.127. The molecule has 0 heterocycles. The van der Waals surface area contributed by atoms with E-state index in [-0.39, 0.29) is 50.1 Å². The molecule has 13 nitrogen and oxygen atoms in total. The highest BCUT2D eigenvalue weighted by molar-refractivity contribution is 5.81. The number of rotatable bonds is 26. The first-order chi connectivity index (χ1) is 18.4. The van der Waals surface area contributed by atoms with Crippen LogP contribution in [0.1, 0.15) is 52.4 Å². The number of unbranched alkanes of at least 4 members (excludes halogenated alkanes) is 2. The van der Waals surface area contributed by atoms with E-state index in [9.17, 15) is 19.2 Å². The smallest absolute Gasteiger partial charge is 0.246 e. The molecule has 0 aromatic carbocycles. The van der Waals surface area contributed by atoms with Crippen molar-refractivity contribution in [1.82, 2.24) is 21.3 Å². The molecule has 0 aromatic rings. The van der Waals surface area contributed by atoms with Crippen molar-refractivity contribution in [1.29, 1.82) is 0 Å². The zero-order chi connectivity index (χ0) is 28.3. The summed E-state index contributed by atoms with van der Waals surface area (Å²) in [6.07, 6.45) is 4.45. The second-order valence-corrected chi connectivity index (χ2v) is 8.48. The predicted molar refractivity (Wildman–Crippen MR) is 142 cm³/mol. The third-order valence-corrected chi connectivity index (χ3v) is 5.10. The Labute approximate surface area is 226 Å². The van der Waals surface area contributed by atoms with Gasteiger partial charge in [0.2, 0.25) is 23.6 Å². The number of nitrogens with one attached hydrogen (secondary N) is 4. The second kappa shape index (κ2) is 26.3. The Bertz CT molecular complexity index is 639. The SMILES string of the molecule is CCCCNC(=O)C(N)CCCCNC(=O)COCCOCCNC(=O)COCCOCCNC(=O)CC. The molecule has 222 valence electrons. The van der Waals surface area contributed by atoms with Crippen molar-refractivity contribution >= 4 is 23.6 Å². The first-order valence-electron chi connectivity index (χ1n) is 13.5. The van der Waals surface area contributed by atoms with Gasteiger partial charge in [0.1, 0.15) is 13.2 Å². The monoisotopic (exact) mass is 547 g/mol. The van der Waals surface area contributed by atoms with Gasteiger partial charge in [0.05, 0.1) is 45.7 Å². The summed E-state index contributed by atoms with van der Waals surface area (Å²) in [6, 6.07) is -0.517. The molecule has 6 N–H and O–H groups in total. The molecule has 1 unspecified atom stereocenters. The zero-order valence-electron chi connectivity index (χ0n) is 23.1. The Morgan fingerprint density at radius 3 is 1.66 bits per heavy atom. The minimum atomic E-state index is -0.517. The van der Waals surface area contributed by atoms with Gasteiger partial charge in [-0.25, -0.2) is 0 Å². The van der Waals surface area contributed by atoms with Crippen molar-refractivity contribution in [3.05, 3.63) is 0 Å². The molecule has 0 aliphatic heterocycles. The van der Waals surface area contributed by atoms with Crippen LogP contribution in [0.3, 0.4) is 0 Å². The molecule has 0 aromatic heterocycles. The molecule has 13 heteroatoms. The summed E-state index contributed by atoms with van der Waals surface area (Å²) in [5.74, 6) is -0.618. The average Bonchev–Trinajstić information content (AvgIpc) is 2.91. The summed E-state index contributed by atoms with van der Waals surface area (Å²) < 4.78 is 21.1. The van der Waals surface area contributed by atoms with Gasteiger partial charge < -0.3 is 45.9 Å². The van der Waals surface area contributed by atoms with Crippen LogP contribution < -0.4 is 27.0 Å². The molecule has 1 atom stereocenters. The summed E-state index contributed by atoms with van der Waals surface area (Å²) in [6.45, 7) is 7.52. The van der Waals surface area contributed by atoms with Crippen LogP contribution in [0.25, 0.3) is 0 Å². The van der Waals surface area contributed by atoms with Crippen LogP contribution in [0.5, 0.6) is 0 Å². The molecule has 0 saturated heterocycles. The molecule has 4 amide bonds. The standard InChI is InChI=1S/C25H49N5O8/c1-3-5-9-30-25(34)21(26)8-6-7-10-27-23(32)19-37-17-16-36-14-12-29-24(33)20-38-18-15-35-13-11-28-22(31)4-2/h21H,3-20,26H2,1-2H3,(H,27,32)(H,28,31)(H,29,33)(H,30,34). The van der Waals surface area contributed by atoms with Gasteiger partial charge in [-0.2, -0.15) is 0 Å². The van der Waals surface area contributed by atoms with Gasteiger partial charge in [-0.15, -0.1) is 0 Å². The third kappa shape index (κ3) is 24.0. The van der Waals surface area contributed by atoms with Crippen LogP contribution in [-0.2, 0) is 38.1 Å². The molecule has 0 radical (unpaired) electrons. The van der Waals surface area contributed by atoms with Gasteiger partial charge in [0, 0.05) is 32.6 Å². The quantitative estimate of drug-likeness (QED) is 0.0869. The largest absolute Gasteiger partial charge is 0.377 e. The Morgan fingerprint density at radius 1 is 0.605 bits per heavy atom. The normalized spacial score (nSPS) is 11.6.